The molecule has 0 spiro atoms. The van der Waals surface area contributed by atoms with Gasteiger partial charge in [-0.05, 0) is 18.2 Å². The number of nitrogens with zero attached hydrogens (tertiary/aromatic N) is 4. The Kier molecular flexibility index (Phi) is 2.00. The molecule has 0 aliphatic rings. The highest BCUT2D eigenvalue weighted by Gasteiger charge is 2.05. The summed E-state index contributed by atoms with van der Waals surface area (Å²) < 4.78 is 4.15. The Labute approximate surface area is 95.2 Å². The van der Waals surface area contributed by atoms with Crippen LogP contribution in [0.15, 0.2) is 30.6 Å². The summed E-state index contributed by atoms with van der Waals surface area (Å²) in [5.41, 5.74) is 8.13. The molecule has 0 atom stereocenters. The third-order valence-electron chi connectivity index (χ3n) is 2.17. The maximum absolute atomic E-state index is 5.55. The molecule has 0 bridgehead atoms. The van der Waals surface area contributed by atoms with Crippen LogP contribution in [0, 0.1) is 0 Å². The molecule has 0 saturated carbocycles. The molecule has 0 unspecified atom stereocenters. The maximum Gasteiger partial charge on any atom is 0.200 e. The second-order valence-corrected chi connectivity index (χ2v) is 4.00. The lowest BCUT2D eigenvalue weighted by atomic mass is 10.2. The molecule has 0 aliphatic carbocycles. The third kappa shape index (κ3) is 1.49. The molecule has 1 aromatic carbocycles. The number of nitrogen functional groups attached to an aromatic ring is 1. The van der Waals surface area contributed by atoms with Gasteiger partial charge in [0.1, 0.15) is 0 Å². The Bertz CT molecular complexity index is 648. The van der Waals surface area contributed by atoms with E-state index in [0.29, 0.717) is 11.0 Å². The Balaban J connectivity index is 2.18. The van der Waals surface area contributed by atoms with E-state index >= 15 is 0 Å². The van der Waals surface area contributed by atoms with Gasteiger partial charge in [0.05, 0.1) is 11.0 Å². The molecule has 0 amide bonds. The van der Waals surface area contributed by atoms with Crippen LogP contribution in [0.5, 0.6) is 0 Å². The molecule has 2 heterocycles. The fourth-order valence-corrected chi connectivity index (χ4v) is 1.91. The molecule has 78 valence electrons. The van der Waals surface area contributed by atoms with E-state index in [9.17, 15) is 0 Å². The molecule has 6 heteroatoms. The lowest BCUT2D eigenvalue weighted by molar-refractivity contribution is 1.28. The number of anilines is 1. The first-order chi connectivity index (χ1) is 7.83. The van der Waals surface area contributed by atoms with Gasteiger partial charge in [-0.3, -0.25) is 9.97 Å². The van der Waals surface area contributed by atoms with Crippen molar-refractivity contribution >= 4 is 27.7 Å². The summed E-state index contributed by atoms with van der Waals surface area (Å²) >= 11 is 1.19. The van der Waals surface area contributed by atoms with Gasteiger partial charge in [0.25, 0.3) is 0 Å². The van der Waals surface area contributed by atoms with Crippen LogP contribution in [0.3, 0.4) is 0 Å². The molecule has 3 aromatic rings. The molecular formula is C10H7N5S. The molecular weight excluding hydrogens is 222 g/mol. The van der Waals surface area contributed by atoms with E-state index in [4.69, 9.17) is 5.73 Å². The quantitative estimate of drug-likeness (QED) is 0.687. The standard InChI is InChI=1S/C10H7N5S/c11-10-14-9(15-16-10)6-1-2-7-8(5-6)13-4-3-12-7/h1-5H,(H2,11,14,15). The van der Waals surface area contributed by atoms with Gasteiger partial charge in [-0.25, -0.2) is 0 Å². The van der Waals surface area contributed by atoms with E-state index < -0.39 is 0 Å². The van der Waals surface area contributed by atoms with E-state index in [1.807, 2.05) is 18.2 Å². The van der Waals surface area contributed by atoms with Crippen LogP contribution in [0.1, 0.15) is 0 Å². The molecule has 3 rings (SSSR count). The largest absolute Gasteiger partial charge is 0.374 e. The van der Waals surface area contributed by atoms with Gasteiger partial charge in [0, 0.05) is 29.5 Å². The van der Waals surface area contributed by atoms with Crippen LogP contribution < -0.4 is 5.73 Å². The van der Waals surface area contributed by atoms with Gasteiger partial charge in [-0.2, -0.15) is 9.36 Å². The predicted octanol–water partition coefficient (Wildman–Crippen LogP) is 1.73. The minimum Gasteiger partial charge on any atom is -0.374 e. The summed E-state index contributed by atoms with van der Waals surface area (Å²) in [7, 11) is 0. The summed E-state index contributed by atoms with van der Waals surface area (Å²) in [6, 6.07) is 5.72. The zero-order chi connectivity index (χ0) is 11.0. The lowest BCUT2D eigenvalue weighted by Crippen LogP contribution is -1.86. The molecule has 5 nitrogen and oxygen atoms in total. The Hall–Kier alpha value is -2.08. The Morgan fingerprint density at radius 3 is 2.62 bits per heavy atom. The van der Waals surface area contributed by atoms with Gasteiger partial charge in [-0.15, -0.1) is 0 Å². The Morgan fingerprint density at radius 2 is 1.88 bits per heavy atom. The van der Waals surface area contributed by atoms with Crippen LogP contribution in [-0.2, 0) is 0 Å². The van der Waals surface area contributed by atoms with Crippen molar-refractivity contribution in [2.24, 2.45) is 0 Å². The Morgan fingerprint density at radius 1 is 1.06 bits per heavy atom. The second kappa shape index (κ2) is 3.49. The number of hydrogen-bond donors (Lipinski definition) is 1. The highest BCUT2D eigenvalue weighted by molar-refractivity contribution is 7.09. The van der Waals surface area contributed by atoms with Crippen molar-refractivity contribution in [3.63, 3.8) is 0 Å². The highest BCUT2D eigenvalue weighted by Crippen LogP contribution is 2.21. The van der Waals surface area contributed by atoms with Gasteiger partial charge < -0.3 is 5.73 Å². The van der Waals surface area contributed by atoms with E-state index in [0.717, 1.165) is 16.6 Å². The van der Waals surface area contributed by atoms with Gasteiger partial charge in [0.15, 0.2) is 11.0 Å². The van der Waals surface area contributed by atoms with Crippen molar-refractivity contribution in [2.45, 2.75) is 0 Å². The van der Waals surface area contributed by atoms with Crippen molar-refractivity contribution in [3.05, 3.63) is 30.6 Å². The van der Waals surface area contributed by atoms with Crippen molar-refractivity contribution < 1.29 is 0 Å². The summed E-state index contributed by atoms with van der Waals surface area (Å²) in [4.78, 5) is 12.5. The molecule has 0 saturated heterocycles. The van der Waals surface area contributed by atoms with E-state index in [2.05, 4.69) is 19.3 Å². The SMILES string of the molecule is Nc1nc(-c2ccc3nccnc3c2)ns1. The lowest BCUT2D eigenvalue weighted by Gasteiger charge is -1.97. The van der Waals surface area contributed by atoms with Crippen LogP contribution in [0.4, 0.5) is 5.13 Å². The molecule has 2 N–H and O–H groups in total. The topological polar surface area (TPSA) is 77.6 Å². The summed E-state index contributed by atoms with van der Waals surface area (Å²) in [5.74, 6) is 0.634. The second-order valence-electron chi connectivity index (χ2n) is 3.22. The molecule has 16 heavy (non-hydrogen) atoms. The van der Waals surface area contributed by atoms with Crippen molar-refractivity contribution in [1.29, 1.82) is 0 Å². The molecule has 2 aromatic heterocycles. The normalized spacial score (nSPS) is 10.8. The van der Waals surface area contributed by atoms with Gasteiger partial charge in [-0.1, -0.05) is 0 Å². The summed E-state index contributed by atoms with van der Waals surface area (Å²) in [6.45, 7) is 0. The minimum atomic E-state index is 0.467. The summed E-state index contributed by atoms with van der Waals surface area (Å²) in [5, 5.41) is 0.467. The summed E-state index contributed by atoms with van der Waals surface area (Å²) in [6.07, 6.45) is 3.33. The smallest absolute Gasteiger partial charge is 0.200 e. The van der Waals surface area contributed by atoms with Gasteiger partial charge in [0.2, 0.25) is 0 Å². The van der Waals surface area contributed by atoms with E-state index in [1.165, 1.54) is 11.5 Å². The number of hydrogen-bond acceptors (Lipinski definition) is 6. The first kappa shape index (κ1) is 9.17. The minimum absolute atomic E-state index is 0.467. The molecule has 0 radical (unpaired) electrons. The third-order valence-corrected chi connectivity index (χ3v) is 2.71. The van der Waals surface area contributed by atoms with Crippen molar-refractivity contribution in [1.82, 2.24) is 19.3 Å². The molecule has 0 fully saturated rings. The number of nitrogens with two attached hydrogens (primary N) is 1. The molecule has 0 aliphatic heterocycles. The fraction of sp³-hybridized carbons (Fsp3) is 0. The number of benzene rings is 1. The zero-order valence-corrected chi connectivity index (χ0v) is 8.98. The van der Waals surface area contributed by atoms with Crippen LogP contribution in [-0.4, -0.2) is 19.3 Å². The van der Waals surface area contributed by atoms with Gasteiger partial charge >= 0.3 is 0 Å². The predicted molar refractivity (Wildman–Crippen MR) is 62.9 cm³/mol. The number of aromatic nitrogens is 4. The average Bonchev–Trinajstić information content (AvgIpc) is 2.75. The van der Waals surface area contributed by atoms with Crippen molar-refractivity contribution in [2.75, 3.05) is 5.73 Å². The van der Waals surface area contributed by atoms with Crippen LogP contribution in [0.25, 0.3) is 22.4 Å². The van der Waals surface area contributed by atoms with E-state index in [-0.39, 0.29) is 0 Å². The maximum atomic E-state index is 5.55. The highest BCUT2D eigenvalue weighted by atomic mass is 32.1. The zero-order valence-electron chi connectivity index (χ0n) is 8.16. The van der Waals surface area contributed by atoms with Crippen LogP contribution >= 0.6 is 11.5 Å². The number of fused-ring (bicyclic) bond motifs is 1. The fourth-order valence-electron chi connectivity index (χ4n) is 1.45. The number of rotatable bonds is 1. The van der Waals surface area contributed by atoms with Crippen LogP contribution in [0.2, 0.25) is 0 Å². The first-order valence-electron chi connectivity index (χ1n) is 4.63. The first-order valence-corrected chi connectivity index (χ1v) is 5.40. The average molecular weight is 229 g/mol. The van der Waals surface area contributed by atoms with Crippen molar-refractivity contribution in [3.8, 4) is 11.4 Å². The van der Waals surface area contributed by atoms with E-state index in [1.54, 1.807) is 12.4 Å². The monoisotopic (exact) mass is 229 g/mol.